The van der Waals surface area contributed by atoms with Gasteiger partial charge >= 0.3 is 0 Å². The fourth-order valence-electron chi connectivity index (χ4n) is 3.94. The van der Waals surface area contributed by atoms with Gasteiger partial charge in [0.1, 0.15) is 12.4 Å². The van der Waals surface area contributed by atoms with Gasteiger partial charge in [-0.1, -0.05) is 6.07 Å². The Hall–Kier alpha value is -3.08. The normalized spacial score (nSPS) is 12.6. The van der Waals surface area contributed by atoms with Gasteiger partial charge in [0.2, 0.25) is 0 Å². The molecule has 0 saturated heterocycles. The van der Waals surface area contributed by atoms with Crippen LogP contribution in [0.15, 0.2) is 48.8 Å². The molecule has 144 valence electrons. The van der Waals surface area contributed by atoms with Crippen molar-refractivity contribution in [1.29, 1.82) is 0 Å². The van der Waals surface area contributed by atoms with E-state index in [9.17, 15) is 4.79 Å². The Labute approximate surface area is 165 Å². The zero-order chi connectivity index (χ0) is 19.5. The summed E-state index contributed by atoms with van der Waals surface area (Å²) in [6, 6.07) is 12.1. The summed E-state index contributed by atoms with van der Waals surface area (Å²) in [7, 11) is 0. The second-order valence-corrected chi connectivity index (χ2v) is 7.22. The van der Waals surface area contributed by atoms with Crippen molar-refractivity contribution in [3.8, 4) is 11.4 Å². The van der Waals surface area contributed by atoms with E-state index >= 15 is 0 Å². The lowest BCUT2D eigenvalue weighted by molar-refractivity contribution is 0.0946. The van der Waals surface area contributed by atoms with Crippen LogP contribution in [0.2, 0.25) is 0 Å². The van der Waals surface area contributed by atoms with Crippen molar-refractivity contribution in [3.63, 3.8) is 0 Å². The molecule has 1 aliphatic rings. The number of hydrogen-bond acceptors (Lipinski definition) is 3. The first-order chi connectivity index (χ1) is 13.6. The van der Waals surface area contributed by atoms with Crippen LogP contribution in [0.1, 0.15) is 39.3 Å². The Kier molecular flexibility index (Phi) is 5.15. The van der Waals surface area contributed by atoms with Gasteiger partial charge in [0.25, 0.3) is 5.91 Å². The summed E-state index contributed by atoms with van der Waals surface area (Å²) >= 11 is 0. The molecule has 0 unspecified atom stereocenters. The monoisotopic (exact) mass is 375 g/mol. The molecular formula is C23H25N3O2. The predicted octanol–water partition coefficient (Wildman–Crippen LogP) is 3.79. The number of fused-ring (bicyclic) bond motifs is 1. The fraction of sp³-hybridized carbons (Fsp3) is 0.304. The van der Waals surface area contributed by atoms with Crippen LogP contribution in [0.5, 0.6) is 5.75 Å². The molecule has 5 nitrogen and oxygen atoms in total. The van der Waals surface area contributed by atoms with Gasteiger partial charge in [0.05, 0.1) is 24.0 Å². The lowest BCUT2D eigenvalue weighted by Crippen LogP contribution is -2.28. The van der Waals surface area contributed by atoms with Crippen LogP contribution >= 0.6 is 0 Å². The number of carbonyl (C=O) groups excluding carboxylic acids is 1. The van der Waals surface area contributed by atoms with Gasteiger partial charge in [0, 0.05) is 17.6 Å². The van der Waals surface area contributed by atoms with Crippen molar-refractivity contribution in [2.75, 3.05) is 13.2 Å². The standard InChI is InChI=1S/C23H25N3O2/c1-16-13-22(17(2)26(16)20-7-4-10-24-15-20)23(27)25-11-12-28-21-9-8-18-5-3-6-19(18)14-21/h4,7-10,13-15H,3,5-6,11-12H2,1-2H3,(H,25,27). The van der Waals surface area contributed by atoms with E-state index in [0.29, 0.717) is 18.7 Å². The Balaban J connectivity index is 1.35. The van der Waals surface area contributed by atoms with Crippen LogP contribution in [0.3, 0.4) is 0 Å². The van der Waals surface area contributed by atoms with Crippen molar-refractivity contribution in [2.24, 2.45) is 0 Å². The molecule has 2 aromatic heterocycles. The van der Waals surface area contributed by atoms with Crippen molar-refractivity contribution in [1.82, 2.24) is 14.9 Å². The topological polar surface area (TPSA) is 56.1 Å². The number of benzene rings is 1. The second-order valence-electron chi connectivity index (χ2n) is 7.22. The Morgan fingerprint density at radius 3 is 2.86 bits per heavy atom. The molecular weight excluding hydrogens is 350 g/mol. The van der Waals surface area contributed by atoms with Gasteiger partial charge < -0.3 is 14.6 Å². The van der Waals surface area contributed by atoms with Crippen LogP contribution in [-0.2, 0) is 12.8 Å². The number of carbonyl (C=O) groups is 1. The SMILES string of the molecule is Cc1cc(C(=O)NCCOc2ccc3c(c2)CCC3)c(C)n1-c1cccnc1. The van der Waals surface area contributed by atoms with Crippen LogP contribution in [-0.4, -0.2) is 28.6 Å². The third-order valence-corrected chi connectivity index (χ3v) is 5.31. The molecule has 2 heterocycles. The quantitative estimate of drug-likeness (QED) is 0.667. The Bertz CT molecular complexity index is 993. The van der Waals surface area contributed by atoms with Crippen molar-refractivity contribution in [2.45, 2.75) is 33.1 Å². The minimum Gasteiger partial charge on any atom is -0.492 e. The zero-order valence-electron chi connectivity index (χ0n) is 16.4. The first kappa shape index (κ1) is 18.3. The molecule has 5 heteroatoms. The molecule has 4 rings (SSSR count). The Morgan fingerprint density at radius 2 is 2.04 bits per heavy atom. The maximum absolute atomic E-state index is 12.6. The third kappa shape index (κ3) is 3.65. The summed E-state index contributed by atoms with van der Waals surface area (Å²) < 4.78 is 7.86. The molecule has 1 amide bonds. The summed E-state index contributed by atoms with van der Waals surface area (Å²) in [5, 5.41) is 2.96. The third-order valence-electron chi connectivity index (χ3n) is 5.31. The molecule has 0 radical (unpaired) electrons. The number of aryl methyl sites for hydroxylation is 3. The summed E-state index contributed by atoms with van der Waals surface area (Å²) in [6.07, 6.45) is 7.07. The van der Waals surface area contributed by atoms with Gasteiger partial charge in [0.15, 0.2) is 0 Å². The summed E-state index contributed by atoms with van der Waals surface area (Å²) in [5.74, 6) is 0.797. The van der Waals surface area contributed by atoms with E-state index in [2.05, 4.69) is 22.4 Å². The highest BCUT2D eigenvalue weighted by Crippen LogP contribution is 2.26. The molecule has 1 aliphatic carbocycles. The lowest BCUT2D eigenvalue weighted by atomic mass is 10.1. The van der Waals surface area contributed by atoms with E-state index < -0.39 is 0 Å². The number of ether oxygens (including phenoxy) is 1. The summed E-state index contributed by atoms with van der Waals surface area (Å²) in [5.41, 5.74) is 6.37. The van der Waals surface area contributed by atoms with Crippen LogP contribution in [0, 0.1) is 13.8 Å². The highest BCUT2D eigenvalue weighted by Gasteiger charge is 2.16. The van der Waals surface area contributed by atoms with E-state index in [-0.39, 0.29) is 5.91 Å². The molecule has 0 atom stereocenters. The van der Waals surface area contributed by atoms with Gasteiger partial charge in [-0.3, -0.25) is 9.78 Å². The van der Waals surface area contributed by atoms with Gasteiger partial charge in [-0.15, -0.1) is 0 Å². The molecule has 0 saturated carbocycles. The minimum atomic E-state index is -0.0826. The van der Waals surface area contributed by atoms with E-state index in [1.807, 2.05) is 42.7 Å². The van der Waals surface area contributed by atoms with Crippen molar-refractivity contribution < 1.29 is 9.53 Å². The summed E-state index contributed by atoms with van der Waals surface area (Å²) in [6.45, 7) is 4.86. The highest BCUT2D eigenvalue weighted by molar-refractivity contribution is 5.95. The number of nitrogens with zero attached hydrogens (tertiary/aromatic N) is 2. The van der Waals surface area contributed by atoms with E-state index in [4.69, 9.17) is 4.74 Å². The van der Waals surface area contributed by atoms with E-state index in [0.717, 1.165) is 29.2 Å². The van der Waals surface area contributed by atoms with Gasteiger partial charge in [-0.05, 0) is 74.6 Å². The Morgan fingerprint density at radius 1 is 1.18 bits per heavy atom. The average Bonchev–Trinajstić information content (AvgIpc) is 3.29. The lowest BCUT2D eigenvalue weighted by Gasteiger charge is -2.10. The number of amides is 1. The van der Waals surface area contributed by atoms with Crippen molar-refractivity contribution >= 4 is 5.91 Å². The minimum absolute atomic E-state index is 0.0826. The first-order valence-corrected chi connectivity index (χ1v) is 9.75. The summed E-state index contributed by atoms with van der Waals surface area (Å²) in [4.78, 5) is 16.8. The first-order valence-electron chi connectivity index (χ1n) is 9.75. The molecule has 3 aromatic rings. The number of hydrogen-bond donors (Lipinski definition) is 1. The molecule has 0 fully saturated rings. The van der Waals surface area contributed by atoms with Crippen LogP contribution < -0.4 is 10.1 Å². The highest BCUT2D eigenvalue weighted by atomic mass is 16.5. The number of pyridine rings is 1. The maximum atomic E-state index is 12.6. The van der Waals surface area contributed by atoms with E-state index in [1.165, 1.54) is 24.0 Å². The molecule has 28 heavy (non-hydrogen) atoms. The molecule has 0 spiro atoms. The fourth-order valence-corrected chi connectivity index (χ4v) is 3.94. The number of aromatic nitrogens is 2. The average molecular weight is 375 g/mol. The zero-order valence-corrected chi connectivity index (χ0v) is 16.4. The molecule has 1 N–H and O–H groups in total. The number of nitrogens with one attached hydrogen (secondary N) is 1. The predicted molar refractivity (Wildman–Crippen MR) is 109 cm³/mol. The van der Waals surface area contributed by atoms with Gasteiger partial charge in [-0.2, -0.15) is 0 Å². The van der Waals surface area contributed by atoms with Crippen molar-refractivity contribution in [3.05, 3.63) is 76.9 Å². The van der Waals surface area contributed by atoms with E-state index in [1.54, 1.807) is 12.4 Å². The largest absolute Gasteiger partial charge is 0.492 e. The maximum Gasteiger partial charge on any atom is 0.253 e. The van der Waals surface area contributed by atoms with Gasteiger partial charge in [-0.25, -0.2) is 0 Å². The van der Waals surface area contributed by atoms with Crippen LogP contribution in [0.4, 0.5) is 0 Å². The smallest absolute Gasteiger partial charge is 0.253 e. The molecule has 1 aromatic carbocycles. The molecule has 0 aliphatic heterocycles. The number of rotatable bonds is 6. The molecule has 0 bridgehead atoms. The van der Waals surface area contributed by atoms with Crippen LogP contribution in [0.25, 0.3) is 5.69 Å². The second kappa shape index (κ2) is 7.89.